The molecule has 140 valence electrons. The van der Waals surface area contributed by atoms with E-state index in [-0.39, 0.29) is 35.5 Å². The highest BCUT2D eigenvalue weighted by molar-refractivity contribution is 6.32. The van der Waals surface area contributed by atoms with Gasteiger partial charge in [0.05, 0.1) is 10.6 Å². The third kappa shape index (κ3) is 4.74. The molecule has 1 heterocycles. The number of hydrogen-bond donors (Lipinski definition) is 2. The summed E-state index contributed by atoms with van der Waals surface area (Å²) in [5.74, 6) is -0.403. The third-order valence-electron chi connectivity index (χ3n) is 4.39. The van der Waals surface area contributed by atoms with Gasteiger partial charge in [-0.05, 0) is 31.0 Å². The van der Waals surface area contributed by atoms with Crippen LogP contribution in [0.4, 0.5) is 4.39 Å². The fourth-order valence-corrected chi connectivity index (χ4v) is 3.16. The molecule has 0 unspecified atom stereocenters. The van der Waals surface area contributed by atoms with Gasteiger partial charge < -0.3 is 19.6 Å². The van der Waals surface area contributed by atoms with E-state index >= 15 is 0 Å². The molecule has 1 amide bonds. The van der Waals surface area contributed by atoms with Gasteiger partial charge in [0.15, 0.2) is 12.3 Å². The van der Waals surface area contributed by atoms with Crippen LogP contribution < -0.4 is 10.1 Å². The maximum absolute atomic E-state index is 13.0. The summed E-state index contributed by atoms with van der Waals surface area (Å²) in [4.78, 5) is 16.2. The lowest BCUT2D eigenvalue weighted by molar-refractivity contribution is 0.00521. The molecule has 2 aromatic rings. The van der Waals surface area contributed by atoms with Gasteiger partial charge in [-0.25, -0.2) is 9.37 Å². The van der Waals surface area contributed by atoms with E-state index in [4.69, 9.17) is 20.8 Å². The minimum atomic E-state index is -0.844. The monoisotopic (exact) mass is 382 g/mol. The average molecular weight is 383 g/mol. The molecule has 3 rings (SSSR count). The van der Waals surface area contributed by atoms with Gasteiger partial charge in [0.25, 0.3) is 5.91 Å². The second kappa shape index (κ2) is 8.05. The first kappa shape index (κ1) is 18.7. The Bertz CT molecular complexity index is 774. The summed E-state index contributed by atoms with van der Waals surface area (Å²) >= 11 is 5.88. The number of nitrogens with zero attached hydrogens (tertiary/aromatic N) is 1. The molecule has 1 fully saturated rings. The number of halogens is 2. The summed E-state index contributed by atoms with van der Waals surface area (Å²) in [6, 6.07) is 3.77. The van der Waals surface area contributed by atoms with Crippen LogP contribution in [0.25, 0.3) is 0 Å². The number of benzene rings is 1. The van der Waals surface area contributed by atoms with E-state index in [1.165, 1.54) is 18.4 Å². The minimum absolute atomic E-state index is 0.0530. The van der Waals surface area contributed by atoms with Crippen molar-refractivity contribution in [1.82, 2.24) is 10.3 Å². The SMILES string of the molecule is O=C(NCC1(O)CCCCC1)c1coc(COc2ccc(F)cc2Cl)n1. The van der Waals surface area contributed by atoms with Crippen molar-refractivity contribution in [3.63, 3.8) is 0 Å². The molecular formula is C18H20ClFN2O4. The number of amides is 1. The Kier molecular flexibility index (Phi) is 5.78. The fraction of sp³-hybridized carbons (Fsp3) is 0.444. The largest absolute Gasteiger partial charge is 0.482 e. The Morgan fingerprint density at radius 3 is 2.88 bits per heavy atom. The number of aliphatic hydroxyl groups is 1. The molecule has 6 nitrogen and oxygen atoms in total. The predicted octanol–water partition coefficient (Wildman–Crippen LogP) is 3.47. The van der Waals surface area contributed by atoms with Gasteiger partial charge in [-0.15, -0.1) is 0 Å². The van der Waals surface area contributed by atoms with Crippen molar-refractivity contribution in [3.8, 4) is 5.75 Å². The fourth-order valence-electron chi connectivity index (χ4n) is 2.94. The van der Waals surface area contributed by atoms with Crippen molar-refractivity contribution in [1.29, 1.82) is 0 Å². The highest BCUT2D eigenvalue weighted by Gasteiger charge is 2.29. The van der Waals surface area contributed by atoms with Crippen LogP contribution in [0.2, 0.25) is 5.02 Å². The molecule has 1 saturated carbocycles. The Morgan fingerprint density at radius 1 is 1.38 bits per heavy atom. The van der Waals surface area contributed by atoms with Gasteiger partial charge in [-0.2, -0.15) is 0 Å². The van der Waals surface area contributed by atoms with E-state index in [9.17, 15) is 14.3 Å². The van der Waals surface area contributed by atoms with Crippen molar-refractivity contribution in [2.24, 2.45) is 0 Å². The zero-order valence-corrected chi connectivity index (χ0v) is 14.9. The van der Waals surface area contributed by atoms with Gasteiger partial charge in [0.2, 0.25) is 5.89 Å². The highest BCUT2D eigenvalue weighted by atomic mass is 35.5. The summed E-state index contributed by atoms with van der Waals surface area (Å²) in [5.41, 5.74) is -0.739. The number of rotatable bonds is 6. The molecule has 2 N–H and O–H groups in total. The molecule has 0 spiro atoms. The number of oxazole rings is 1. The molecule has 0 saturated heterocycles. The van der Waals surface area contributed by atoms with E-state index in [2.05, 4.69) is 10.3 Å². The summed E-state index contributed by atoms with van der Waals surface area (Å²) in [6.45, 7) is 0.137. The first-order valence-corrected chi connectivity index (χ1v) is 8.86. The second-order valence-electron chi connectivity index (χ2n) is 6.46. The molecular weight excluding hydrogens is 363 g/mol. The van der Waals surface area contributed by atoms with Crippen LogP contribution in [0.5, 0.6) is 5.75 Å². The van der Waals surface area contributed by atoms with Crippen LogP contribution in [0.15, 0.2) is 28.9 Å². The lowest BCUT2D eigenvalue weighted by Crippen LogP contribution is -2.44. The van der Waals surface area contributed by atoms with E-state index in [1.54, 1.807) is 0 Å². The molecule has 8 heteroatoms. The normalized spacial score (nSPS) is 16.3. The summed E-state index contributed by atoms with van der Waals surface area (Å²) < 4.78 is 23.6. The maximum Gasteiger partial charge on any atom is 0.273 e. The van der Waals surface area contributed by atoms with E-state index in [0.29, 0.717) is 12.8 Å². The Morgan fingerprint density at radius 2 is 2.15 bits per heavy atom. The van der Waals surface area contributed by atoms with Crippen molar-refractivity contribution < 1.29 is 23.4 Å². The third-order valence-corrected chi connectivity index (χ3v) is 4.69. The number of aromatic nitrogens is 1. The molecule has 1 aliphatic rings. The lowest BCUT2D eigenvalue weighted by atomic mass is 9.85. The van der Waals surface area contributed by atoms with Crippen LogP contribution >= 0.6 is 11.6 Å². The molecule has 0 atom stereocenters. The molecule has 1 aliphatic carbocycles. The quantitative estimate of drug-likeness (QED) is 0.799. The van der Waals surface area contributed by atoms with Crippen LogP contribution in [0, 0.1) is 5.82 Å². The topological polar surface area (TPSA) is 84.6 Å². The minimum Gasteiger partial charge on any atom is -0.482 e. The first-order valence-electron chi connectivity index (χ1n) is 8.48. The van der Waals surface area contributed by atoms with Crippen LogP contribution in [-0.4, -0.2) is 28.1 Å². The Labute approximate surface area is 155 Å². The Hall–Kier alpha value is -2.12. The highest BCUT2D eigenvalue weighted by Crippen LogP contribution is 2.27. The van der Waals surface area contributed by atoms with Crippen LogP contribution in [0.1, 0.15) is 48.5 Å². The number of carbonyl (C=O) groups is 1. The second-order valence-corrected chi connectivity index (χ2v) is 6.86. The molecule has 1 aromatic heterocycles. The molecule has 0 radical (unpaired) electrons. The molecule has 0 aliphatic heterocycles. The standard InChI is InChI=1S/C18H20ClFN2O4/c19-13-8-12(20)4-5-15(13)25-10-16-22-14(9-26-16)17(23)21-11-18(24)6-2-1-3-7-18/h4-5,8-9,24H,1-3,6-7,10-11H2,(H,21,23). The summed E-state index contributed by atoms with van der Waals surface area (Å²) in [7, 11) is 0. The smallest absolute Gasteiger partial charge is 0.273 e. The van der Waals surface area contributed by atoms with E-state index in [0.717, 1.165) is 25.3 Å². The predicted molar refractivity (Wildman–Crippen MR) is 92.6 cm³/mol. The zero-order valence-electron chi connectivity index (χ0n) is 14.1. The molecule has 0 bridgehead atoms. The number of carbonyl (C=O) groups excluding carboxylic acids is 1. The van der Waals surface area contributed by atoms with Gasteiger partial charge in [0.1, 0.15) is 17.8 Å². The average Bonchev–Trinajstić information content (AvgIpc) is 3.09. The molecule has 26 heavy (non-hydrogen) atoms. The van der Waals surface area contributed by atoms with E-state index in [1.807, 2.05) is 0 Å². The van der Waals surface area contributed by atoms with Gasteiger partial charge in [0, 0.05) is 6.54 Å². The molecule has 1 aromatic carbocycles. The number of ether oxygens (including phenoxy) is 1. The van der Waals surface area contributed by atoms with Gasteiger partial charge in [-0.1, -0.05) is 30.9 Å². The summed E-state index contributed by atoms with van der Waals surface area (Å²) in [5, 5.41) is 13.2. The number of nitrogens with one attached hydrogen (secondary N) is 1. The van der Waals surface area contributed by atoms with E-state index < -0.39 is 17.3 Å². The number of hydrogen-bond acceptors (Lipinski definition) is 5. The Balaban J connectivity index is 1.52. The van der Waals surface area contributed by atoms with Crippen molar-refractivity contribution in [2.75, 3.05) is 6.54 Å². The van der Waals surface area contributed by atoms with Gasteiger partial charge in [-0.3, -0.25) is 4.79 Å². The zero-order chi connectivity index (χ0) is 18.6. The van der Waals surface area contributed by atoms with Crippen molar-refractivity contribution >= 4 is 17.5 Å². The summed E-state index contributed by atoms with van der Waals surface area (Å²) in [6.07, 6.45) is 5.63. The van der Waals surface area contributed by atoms with Gasteiger partial charge >= 0.3 is 0 Å². The van der Waals surface area contributed by atoms with Crippen LogP contribution in [-0.2, 0) is 6.61 Å². The van der Waals surface area contributed by atoms with Crippen molar-refractivity contribution in [2.45, 2.75) is 44.3 Å². The first-order chi connectivity index (χ1) is 12.5. The van der Waals surface area contributed by atoms with Crippen LogP contribution in [0.3, 0.4) is 0 Å². The maximum atomic E-state index is 13.0. The lowest BCUT2D eigenvalue weighted by Gasteiger charge is -2.31. The van der Waals surface area contributed by atoms with Crippen molar-refractivity contribution in [3.05, 3.63) is 46.9 Å².